The van der Waals surface area contributed by atoms with E-state index in [9.17, 15) is 13.2 Å². The highest BCUT2D eigenvalue weighted by atomic mass is 19.4. The van der Waals surface area contributed by atoms with Crippen molar-refractivity contribution in [2.45, 2.75) is 6.18 Å². The highest BCUT2D eigenvalue weighted by Gasteiger charge is 2.28. The van der Waals surface area contributed by atoms with Gasteiger partial charge in [-0.25, -0.2) is 4.98 Å². The Morgan fingerprint density at radius 1 is 1.28 bits per heavy atom. The number of alkyl halides is 3. The van der Waals surface area contributed by atoms with Crippen LogP contribution in [-0.2, 0) is 0 Å². The molecule has 1 heterocycles. The Labute approximate surface area is 102 Å². The van der Waals surface area contributed by atoms with E-state index in [0.717, 1.165) is 11.1 Å². The standard InChI is InChI=1S/C12H11F3N2O/c1-16-9-3-2-8-4-5-17-11(10(8)6-9)18-7-12(13,14)15/h2-6,16H,7H2,1H3. The van der Waals surface area contributed by atoms with Gasteiger partial charge in [-0.1, -0.05) is 6.07 Å². The zero-order valence-electron chi connectivity index (χ0n) is 9.58. The molecule has 0 aliphatic rings. The van der Waals surface area contributed by atoms with Gasteiger partial charge in [-0.05, 0) is 23.6 Å². The van der Waals surface area contributed by atoms with E-state index in [4.69, 9.17) is 4.74 Å². The van der Waals surface area contributed by atoms with Crippen molar-refractivity contribution in [2.24, 2.45) is 0 Å². The van der Waals surface area contributed by atoms with Crippen LogP contribution in [0.5, 0.6) is 5.88 Å². The van der Waals surface area contributed by atoms with Crippen molar-refractivity contribution in [2.75, 3.05) is 19.0 Å². The Morgan fingerprint density at radius 2 is 2.06 bits per heavy atom. The van der Waals surface area contributed by atoms with Crippen molar-refractivity contribution >= 4 is 16.5 Å². The van der Waals surface area contributed by atoms with Gasteiger partial charge in [0, 0.05) is 24.3 Å². The molecule has 96 valence electrons. The molecule has 1 aromatic carbocycles. The van der Waals surface area contributed by atoms with Crippen LogP contribution in [0.15, 0.2) is 30.5 Å². The first-order chi connectivity index (χ1) is 8.49. The molecule has 0 saturated carbocycles. The van der Waals surface area contributed by atoms with Gasteiger partial charge in [-0.15, -0.1) is 0 Å². The number of rotatable bonds is 3. The molecule has 1 aromatic heterocycles. The summed E-state index contributed by atoms with van der Waals surface area (Å²) in [6.07, 6.45) is -2.95. The number of nitrogens with one attached hydrogen (secondary N) is 1. The third kappa shape index (κ3) is 2.82. The summed E-state index contributed by atoms with van der Waals surface area (Å²) in [5, 5.41) is 4.24. The normalized spacial score (nSPS) is 11.6. The predicted molar refractivity (Wildman–Crippen MR) is 62.8 cm³/mol. The number of aromatic nitrogens is 1. The Hall–Kier alpha value is -1.98. The minimum Gasteiger partial charge on any atom is -0.468 e. The Kier molecular flexibility index (Phi) is 3.27. The monoisotopic (exact) mass is 256 g/mol. The quantitative estimate of drug-likeness (QED) is 0.915. The van der Waals surface area contributed by atoms with Gasteiger partial charge in [0.1, 0.15) is 0 Å². The maximum Gasteiger partial charge on any atom is 0.422 e. The smallest absolute Gasteiger partial charge is 0.422 e. The third-order valence-electron chi connectivity index (χ3n) is 2.39. The highest BCUT2D eigenvalue weighted by molar-refractivity contribution is 5.89. The largest absolute Gasteiger partial charge is 0.468 e. The molecule has 0 radical (unpaired) electrons. The van der Waals surface area contributed by atoms with Gasteiger partial charge in [0.15, 0.2) is 6.61 Å². The molecule has 0 spiro atoms. The van der Waals surface area contributed by atoms with E-state index in [1.54, 1.807) is 25.2 Å². The number of benzene rings is 1. The Balaban J connectivity index is 2.37. The molecule has 2 rings (SSSR count). The van der Waals surface area contributed by atoms with Crippen LogP contribution in [0.2, 0.25) is 0 Å². The number of fused-ring (bicyclic) bond motifs is 1. The van der Waals surface area contributed by atoms with E-state index in [0.29, 0.717) is 5.39 Å². The molecule has 0 atom stereocenters. The number of ether oxygens (including phenoxy) is 1. The van der Waals surface area contributed by atoms with Gasteiger partial charge in [-0.2, -0.15) is 13.2 Å². The molecule has 18 heavy (non-hydrogen) atoms. The summed E-state index contributed by atoms with van der Waals surface area (Å²) >= 11 is 0. The Morgan fingerprint density at radius 3 is 2.72 bits per heavy atom. The van der Waals surface area contributed by atoms with Gasteiger partial charge in [-0.3, -0.25) is 0 Å². The molecule has 0 saturated heterocycles. The minimum atomic E-state index is -4.37. The molecule has 0 bridgehead atoms. The summed E-state index contributed by atoms with van der Waals surface area (Å²) in [7, 11) is 1.73. The first kappa shape index (κ1) is 12.5. The zero-order chi connectivity index (χ0) is 13.2. The van der Waals surface area contributed by atoms with Crippen LogP contribution in [0.25, 0.3) is 10.8 Å². The molecule has 6 heteroatoms. The first-order valence-corrected chi connectivity index (χ1v) is 5.26. The van der Waals surface area contributed by atoms with E-state index in [1.807, 2.05) is 6.07 Å². The van der Waals surface area contributed by atoms with Crippen molar-refractivity contribution in [3.63, 3.8) is 0 Å². The zero-order valence-corrected chi connectivity index (χ0v) is 9.58. The summed E-state index contributed by atoms with van der Waals surface area (Å²) < 4.78 is 41.1. The summed E-state index contributed by atoms with van der Waals surface area (Å²) in [5.41, 5.74) is 0.785. The fourth-order valence-electron chi connectivity index (χ4n) is 1.56. The van der Waals surface area contributed by atoms with E-state index in [-0.39, 0.29) is 5.88 Å². The maximum absolute atomic E-state index is 12.1. The number of pyridine rings is 1. The summed E-state index contributed by atoms with van der Waals surface area (Å²) in [5.74, 6) is -0.0121. The number of halogens is 3. The molecule has 3 nitrogen and oxygen atoms in total. The van der Waals surface area contributed by atoms with Gasteiger partial charge in [0.2, 0.25) is 5.88 Å². The molecule has 0 unspecified atom stereocenters. The molecule has 0 aliphatic heterocycles. The summed E-state index contributed by atoms with van der Waals surface area (Å²) in [6.45, 7) is -1.34. The lowest BCUT2D eigenvalue weighted by atomic mass is 10.1. The van der Waals surface area contributed by atoms with E-state index in [1.165, 1.54) is 6.20 Å². The number of anilines is 1. The molecule has 0 amide bonds. The molecular formula is C12H11F3N2O. The lowest BCUT2D eigenvalue weighted by molar-refractivity contribution is -0.153. The SMILES string of the molecule is CNc1ccc2ccnc(OCC(F)(F)F)c2c1. The second kappa shape index (κ2) is 4.72. The van der Waals surface area contributed by atoms with E-state index >= 15 is 0 Å². The van der Waals surface area contributed by atoms with Crippen molar-refractivity contribution in [1.29, 1.82) is 0 Å². The summed E-state index contributed by atoms with van der Waals surface area (Å²) in [4.78, 5) is 3.84. The fraction of sp³-hybridized carbons (Fsp3) is 0.250. The summed E-state index contributed by atoms with van der Waals surface area (Å²) in [6, 6.07) is 7.04. The van der Waals surface area contributed by atoms with Gasteiger partial charge >= 0.3 is 6.18 Å². The molecule has 2 aromatic rings. The van der Waals surface area contributed by atoms with Gasteiger partial charge in [0.25, 0.3) is 0 Å². The maximum atomic E-state index is 12.1. The second-order valence-corrected chi connectivity index (χ2v) is 3.71. The predicted octanol–water partition coefficient (Wildman–Crippen LogP) is 3.22. The van der Waals surface area contributed by atoms with Crippen molar-refractivity contribution in [3.05, 3.63) is 30.5 Å². The number of hydrogen-bond donors (Lipinski definition) is 1. The van der Waals surface area contributed by atoms with Crippen LogP contribution in [0.1, 0.15) is 0 Å². The van der Waals surface area contributed by atoms with E-state index in [2.05, 4.69) is 10.3 Å². The lowest BCUT2D eigenvalue weighted by Crippen LogP contribution is -2.19. The van der Waals surface area contributed by atoms with E-state index < -0.39 is 12.8 Å². The van der Waals surface area contributed by atoms with Crippen LogP contribution in [0, 0.1) is 0 Å². The molecule has 0 aliphatic carbocycles. The van der Waals surface area contributed by atoms with Crippen LogP contribution in [0.3, 0.4) is 0 Å². The van der Waals surface area contributed by atoms with Crippen molar-refractivity contribution < 1.29 is 17.9 Å². The minimum absolute atomic E-state index is 0.0121. The van der Waals surface area contributed by atoms with Crippen LogP contribution < -0.4 is 10.1 Å². The van der Waals surface area contributed by atoms with Crippen LogP contribution in [-0.4, -0.2) is 24.8 Å². The van der Waals surface area contributed by atoms with Crippen molar-refractivity contribution in [3.8, 4) is 5.88 Å². The highest BCUT2D eigenvalue weighted by Crippen LogP contribution is 2.27. The van der Waals surface area contributed by atoms with Gasteiger partial charge < -0.3 is 10.1 Å². The lowest BCUT2D eigenvalue weighted by Gasteiger charge is -2.11. The van der Waals surface area contributed by atoms with Crippen LogP contribution in [0.4, 0.5) is 18.9 Å². The Bertz CT molecular complexity index is 555. The van der Waals surface area contributed by atoms with Gasteiger partial charge in [0.05, 0.1) is 0 Å². The second-order valence-electron chi connectivity index (χ2n) is 3.71. The topological polar surface area (TPSA) is 34.2 Å². The third-order valence-corrected chi connectivity index (χ3v) is 2.39. The number of nitrogens with zero attached hydrogens (tertiary/aromatic N) is 1. The molecule has 1 N–H and O–H groups in total. The first-order valence-electron chi connectivity index (χ1n) is 5.26. The molecule has 0 fully saturated rings. The average molecular weight is 256 g/mol. The average Bonchev–Trinajstić information content (AvgIpc) is 2.34. The fourth-order valence-corrected chi connectivity index (χ4v) is 1.56. The molecular weight excluding hydrogens is 245 g/mol. The van der Waals surface area contributed by atoms with Crippen LogP contribution >= 0.6 is 0 Å². The number of hydrogen-bond acceptors (Lipinski definition) is 3. The van der Waals surface area contributed by atoms with Crippen molar-refractivity contribution in [1.82, 2.24) is 4.98 Å².